The summed E-state index contributed by atoms with van der Waals surface area (Å²) in [5, 5.41) is 79.3. The number of hydrogen-bond acceptors (Lipinski definition) is 12. The van der Waals surface area contributed by atoms with Gasteiger partial charge in [0.05, 0.1) is 12.7 Å². The van der Waals surface area contributed by atoms with Crippen molar-refractivity contribution in [3.8, 4) is 11.5 Å². The average molecular weight is 488 g/mol. The standard InChI is InChI=1S/C21H28O13/c1-8-14(25)16(27)18(29)20(32-8)31-7-12-15(26)17(28)19(30)21(34-12)33-11-6-9(2-4-10(11)22)3-5-13(23)24/h2-6,8,12,14-22,25-30H,7H2,1H3,(H,23,24)/b5-3+/t8-,12+,14-,15+,16+,17-,18+,19+,20+,21+/m0/s1. The Morgan fingerprint density at radius 2 is 1.59 bits per heavy atom. The summed E-state index contributed by atoms with van der Waals surface area (Å²) in [6.45, 7) is 0.980. The van der Waals surface area contributed by atoms with Crippen molar-refractivity contribution in [1.29, 1.82) is 0 Å². The van der Waals surface area contributed by atoms with E-state index in [9.17, 15) is 40.5 Å². The molecule has 34 heavy (non-hydrogen) atoms. The molecule has 13 nitrogen and oxygen atoms in total. The number of aliphatic hydroxyl groups excluding tert-OH is 6. The number of benzene rings is 1. The lowest BCUT2D eigenvalue weighted by atomic mass is 9.98. The number of aliphatic carboxylic acids is 1. The van der Waals surface area contributed by atoms with Crippen LogP contribution in [0.4, 0.5) is 0 Å². The van der Waals surface area contributed by atoms with Gasteiger partial charge < -0.3 is 59.8 Å². The summed E-state index contributed by atoms with van der Waals surface area (Å²) in [6.07, 6.45) is -12.6. The highest BCUT2D eigenvalue weighted by atomic mass is 16.7. The lowest BCUT2D eigenvalue weighted by molar-refractivity contribution is -0.318. The second kappa shape index (κ2) is 10.9. The first kappa shape index (κ1) is 26.3. The lowest BCUT2D eigenvalue weighted by Gasteiger charge is -2.42. The van der Waals surface area contributed by atoms with E-state index in [0.29, 0.717) is 5.56 Å². The summed E-state index contributed by atoms with van der Waals surface area (Å²) in [5.74, 6) is -1.75. The van der Waals surface area contributed by atoms with E-state index in [1.807, 2.05) is 0 Å². The minimum Gasteiger partial charge on any atom is -0.504 e. The van der Waals surface area contributed by atoms with E-state index in [1.54, 1.807) is 0 Å². The molecule has 0 aliphatic carbocycles. The number of hydrogen-bond donors (Lipinski definition) is 8. The van der Waals surface area contributed by atoms with Crippen molar-refractivity contribution in [2.75, 3.05) is 6.61 Å². The summed E-state index contributed by atoms with van der Waals surface area (Å²) < 4.78 is 21.7. The molecule has 8 N–H and O–H groups in total. The normalized spacial score (nSPS) is 38.7. The van der Waals surface area contributed by atoms with Crippen molar-refractivity contribution in [2.24, 2.45) is 0 Å². The highest BCUT2D eigenvalue weighted by Crippen LogP contribution is 2.32. The number of carboxylic acids is 1. The first-order valence-electron chi connectivity index (χ1n) is 10.4. The maximum atomic E-state index is 10.7. The molecule has 0 saturated carbocycles. The second-order valence-corrected chi connectivity index (χ2v) is 8.05. The zero-order valence-corrected chi connectivity index (χ0v) is 18.0. The van der Waals surface area contributed by atoms with Gasteiger partial charge in [-0.15, -0.1) is 0 Å². The van der Waals surface area contributed by atoms with E-state index in [0.717, 1.165) is 6.08 Å². The number of ether oxygens (including phenoxy) is 4. The zero-order chi connectivity index (χ0) is 25.2. The van der Waals surface area contributed by atoms with Gasteiger partial charge in [-0.25, -0.2) is 4.79 Å². The highest BCUT2D eigenvalue weighted by molar-refractivity contribution is 5.85. The number of carbonyl (C=O) groups is 1. The van der Waals surface area contributed by atoms with E-state index >= 15 is 0 Å². The Morgan fingerprint density at radius 1 is 0.941 bits per heavy atom. The molecule has 2 aliphatic heterocycles. The first-order chi connectivity index (χ1) is 16.0. The molecule has 0 aromatic heterocycles. The molecule has 0 amide bonds. The van der Waals surface area contributed by atoms with Gasteiger partial charge in [-0.05, 0) is 30.7 Å². The molecule has 3 rings (SSSR count). The van der Waals surface area contributed by atoms with Crippen LogP contribution in [0.5, 0.6) is 11.5 Å². The van der Waals surface area contributed by atoms with Crippen LogP contribution in [0.25, 0.3) is 6.08 Å². The third kappa shape index (κ3) is 5.83. The van der Waals surface area contributed by atoms with Crippen LogP contribution >= 0.6 is 0 Å². The molecule has 2 fully saturated rings. The van der Waals surface area contributed by atoms with Crippen molar-refractivity contribution in [1.82, 2.24) is 0 Å². The fourth-order valence-corrected chi connectivity index (χ4v) is 3.51. The summed E-state index contributed by atoms with van der Waals surface area (Å²) in [6, 6.07) is 3.91. The molecule has 0 spiro atoms. The Balaban J connectivity index is 1.69. The number of phenols is 1. The summed E-state index contributed by atoms with van der Waals surface area (Å²) >= 11 is 0. The molecule has 2 heterocycles. The van der Waals surface area contributed by atoms with Gasteiger partial charge in [-0.3, -0.25) is 0 Å². The number of aliphatic hydroxyl groups is 6. The number of rotatable bonds is 7. The molecule has 2 saturated heterocycles. The Hall–Kier alpha value is -2.33. The van der Waals surface area contributed by atoms with Crippen molar-refractivity contribution in [2.45, 2.75) is 68.3 Å². The van der Waals surface area contributed by atoms with E-state index in [-0.39, 0.29) is 11.5 Å². The maximum Gasteiger partial charge on any atom is 0.328 e. The predicted octanol–water partition coefficient (Wildman–Crippen LogP) is -2.48. The van der Waals surface area contributed by atoms with Gasteiger partial charge in [0.1, 0.15) is 42.7 Å². The molecule has 10 atom stereocenters. The molecular weight excluding hydrogens is 460 g/mol. The quantitative estimate of drug-likeness (QED) is 0.187. The topological polar surface area (TPSA) is 216 Å². The smallest absolute Gasteiger partial charge is 0.328 e. The largest absolute Gasteiger partial charge is 0.504 e. The Kier molecular flexibility index (Phi) is 8.46. The van der Waals surface area contributed by atoms with E-state index in [2.05, 4.69) is 0 Å². The molecule has 0 unspecified atom stereocenters. The van der Waals surface area contributed by atoms with Gasteiger partial charge in [0.15, 0.2) is 17.8 Å². The maximum absolute atomic E-state index is 10.7. The molecule has 13 heteroatoms. The lowest BCUT2D eigenvalue weighted by Crippen LogP contribution is -2.61. The molecule has 2 aliphatic rings. The minimum absolute atomic E-state index is 0.197. The van der Waals surface area contributed by atoms with Gasteiger partial charge in [0, 0.05) is 6.08 Å². The van der Waals surface area contributed by atoms with Gasteiger partial charge in [-0.1, -0.05) is 6.07 Å². The van der Waals surface area contributed by atoms with Crippen molar-refractivity contribution < 1.29 is 64.6 Å². The molecule has 0 bridgehead atoms. The van der Waals surface area contributed by atoms with Crippen molar-refractivity contribution in [3.05, 3.63) is 29.8 Å². The van der Waals surface area contributed by atoms with E-state index in [1.165, 1.54) is 31.2 Å². The molecule has 1 aromatic carbocycles. The number of aromatic hydroxyl groups is 1. The van der Waals surface area contributed by atoms with Gasteiger partial charge >= 0.3 is 5.97 Å². The van der Waals surface area contributed by atoms with Crippen LogP contribution in [0.1, 0.15) is 12.5 Å². The van der Waals surface area contributed by atoms with Gasteiger partial charge in [-0.2, -0.15) is 0 Å². The minimum atomic E-state index is -1.74. The van der Waals surface area contributed by atoms with Crippen LogP contribution in [0.15, 0.2) is 24.3 Å². The molecular formula is C21H28O13. The fourth-order valence-electron chi connectivity index (χ4n) is 3.51. The number of carboxylic acid groups (broad SMARTS) is 1. The molecule has 0 radical (unpaired) electrons. The Morgan fingerprint density at radius 3 is 2.26 bits per heavy atom. The SMILES string of the molecule is C[C@@H]1O[C@@H](OC[C@H]2O[C@@H](Oc3cc(/C=C/C(=O)O)ccc3O)[C@H](O)[C@@H](O)[C@@H]2O)[C@H](O)[C@H](O)[C@H]1O. The van der Waals surface area contributed by atoms with E-state index in [4.69, 9.17) is 24.1 Å². The van der Waals surface area contributed by atoms with Crippen LogP contribution in [0.3, 0.4) is 0 Å². The molecule has 190 valence electrons. The van der Waals surface area contributed by atoms with Crippen molar-refractivity contribution >= 4 is 12.0 Å². The molecule has 1 aromatic rings. The van der Waals surface area contributed by atoms with Crippen LogP contribution < -0.4 is 4.74 Å². The fraction of sp³-hybridized carbons (Fsp3) is 0.571. The summed E-state index contributed by atoms with van der Waals surface area (Å²) in [5.41, 5.74) is 0.347. The monoisotopic (exact) mass is 488 g/mol. The second-order valence-electron chi connectivity index (χ2n) is 8.05. The summed E-state index contributed by atoms with van der Waals surface area (Å²) in [4.78, 5) is 10.7. The Labute approximate surface area is 193 Å². The van der Waals surface area contributed by atoms with Crippen molar-refractivity contribution in [3.63, 3.8) is 0 Å². The van der Waals surface area contributed by atoms with Crippen LogP contribution in [-0.2, 0) is 19.0 Å². The zero-order valence-electron chi connectivity index (χ0n) is 18.0. The summed E-state index contributed by atoms with van der Waals surface area (Å²) in [7, 11) is 0. The average Bonchev–Trinajstić information content (AvgIpc) is 2.80. The van der Waals surface area contributed by atoms with Crippen LogP contribution in [0, 0.1) is 0 Å². The van der Waals surface area contributed by atoms with Gasteiger partial charge in [0.2, 0.25) is 6.29 Å². The van der Waals surface area contributed by atoms with Crippen LogP contribution in [0.2, 0.25) is 0 Å². The predicted molar refractivity (Wildman–Crippen MR) is 110 cm³/mol. The highest BCUT2D eigenvalue weighted by Gasteiger charge is 2.47. The number of phenolic OH excluding ortho intramolecular Hbond substituents is 1. The van der Waals surface area contributed by atoms with Gasteiger partial charge in [0.25, 0.3) is 0 Å². The third-order valence-corrected chi connectivity index (χ3v) is 5.55. The third-order valence-electron chi connectivity index (χ3n) is 5.55. The first-order valence-corrected chi connectivity index (χ1v) is 10.4. The van der Waals surface area contributed by atoms with E-state index < -0.39 is 74.0 Å². The Bertz CT molecular complexity index is 876. The van der Waals surface area contributed by atoms with Crippen LogP contribution in [-0.4, -0.2) is 115 Å².